The summed E-state index contributed by atoms with van der Waals surface area (Å²) in [5.74, 6) is 0.690. The molecule has 0 bridgehead atoms. The van der Waals surface area contributed by atoms with Crippen LogP contribution in [0.5, 0.6) is 5.75 Å². The van der Waals surface area contributed by atoms with E-state index in [0.717, 1.165) is 11.1 Å². The fourth-order valence-electron chi connectivity index (χ4n) is 1.49. The molecule has 0 radical (unpaired) electrons. The zero-order valence-electron chi connectivity index (χ0n) is 8.88. The summed E-state index contributed by atoms with van der Waals surface area (Å²) in [4.78, 5) is 11.6. The van der Waals surface area contributed by atoms with Crippen LogP contribution >= 0.6 is 11.8 Å². The molecular formula is C11H14O2S. The maximum Gasteiger partial charge on any atom is 0.222 e. The number of ether oxygens (including phenoxy) is 1. The van der Waals surface area contributed by atoms with Crippen molar-refractivity contribution < 1.29 is 9.53 Å². The van der Waals surface area contributed by atoms with E-state index in [4.69, 9.17) is 4.74 Å². The molecule has 1 aromatic rings. The second-order valence-corrected chi connectivity index (χ2v) is 3.93. The van der Waals surface area contributed by atoms with Crippen LogP contribution in [0.2, 0.25) is 0 Å². The lowest BCUT2D eigenvalue weighted by Crippen LogP contribution is -2.00. The Morgan fingerprint density at radius 2 is 2.00 bits per heavy atom. The number of hydrogen-bond acceptors (Lipinski definition) is 3. The molecule has 1 aromatic carbocycles. The minimum Gasteiger partial charge on any atom is -0.496 e. The van der Waals surface area contributed by atoms with Gasteiger partial charge in [0.15, 0.2) is 0 Å². The van der Waals surface area contributed by atoms with Crippen molar-refractivity contribution >= 4 is 16.9 Å². The van der Waals surface area contributed by atoms with Gasteiger partial charge in [-0.2, -0.15) is 0 Å². The van der Waals surface area contributed by atoms with E-state index < -0.39 is 0 Å². The van der Waals surface area contributed by atoms with Gasteiger partial charge in [-0.05, 0) is 37.3 Å². The van der Waals surface area contributed by atoms with Crippen molar-refractivity contribution in [2.24, 2.45) is 0 Å². The second-order valence-electron chi connectivity index (χ2n) is 3.15. The highest BCUT2D eigenvalue weighted by molar-refractivity contribution is 8.13. The molecule has 0 aliphatic heterocycles. The predicted octanol–water partition coefficient (Wildman–Crippen LogP) is 2.82. The van der Waals surface area contributed by atoms with E-state index >= 15 is 0 Å². The van der Waals surface area contributed by atoms with Crippen molar-refractivity contribution in [3.8, 4) is 5.75 Å². The molecule has 0 aliphatic carbocycles. The summed E-state index contributed by atoms with van der Waals surface area (Å²) < 4.78 is 5.22. The van der Waals surface area contributed by atoms with E-state index in [1.54, 1.807) is 13.4 Å². The number of hydrogen-bond donors (Lipinski definition) is 0. The van der Waals surface area contributed by atoms with Gasteiger partial charge in [-0.25, -0.2) is 0 Å². The Morgan fingerprint density at radius 3 is 2.50 bits per heavy atom. The van der Waals surface area contributed by atoms with E-state index in [0.29, 0.717) is 11.3 Å². The molecule has 3 heteroatoms. The topological polar surface area (TPSA) is 26.3 Å². The second kappa shape index (κ2) is 4.51. The minimum atomic E-state index is 0.0497. The molecule has 0 amide bonds. The third kappa shape index (κ3) is 2.10. The largest absolute Gasteiger partial charge is 0.496 e. The van der Waals surface area contributed by atoms with Gasteiger partial charge in [-0.15, -0.1) is 0 Å². The van der Waals surface area contributed by atoms with Crippen LogP contribution in [0.3, 0.4) is 0 Å². The molecule has 2 nitrogen and oxygen atoms in total. The third-order valence-electron chi connectivity index (χ3n) is 2.03. The summed E-state index contributed by atoms with van der Waals surface area (Å²) in [5.41, 5.74) is 2.75. The third-order valence-corrected chi connectivity index (χ3v) is 2.62. The molecule has 0 N–H and O–H groups in total. The number of rotatable bonds is 2. The average molecular weight is 210 g/mol. The van der Waals surface area contributed by atoms with Crippen molar-refractivity contribution in [2.45, 2.75) is 13.8 Å². The monoisotopic (exact) mass is 210 g/mol. The highest BCUT2D eigenvalue weighted by Crippen LogP contribution is 2.27. The van der Waals surface area contributed by atoms with Gasteiger partial charge in [-0.1, -0.05) is 17.8 Å². The molecule has 14 heavy (non-hydrogen) atoms. The summed E-state index contributed by atoms with van der Waals surface area (Å²) in [5, 5.41) is 0.0497. The van der Waals surface area contributed by atoms with Crippen molar-refractivity contribution in [1.82, 2.24) is 0 Å². The van der Waals surface area contributed by atoms with Crippen LogP contribution in [0.15, 0.2) is 12.1 Å². The molecular weight excluding hydrogens is 196 g/mol. The highest BCUT2D eigenvalue weighted by Gasteiger charge is 2.13. The summed E-state index contributed by atoms with van der Waals surface area (Å²) in [6, 6.07) is 3.88. The van der Waals surface area contributed by atoms with E-state index in [1.165, 1.54) is 11.8 Å². The molecule has 0 saturated carbocycles. The van der Waals surface area contributed by atoms with Gasteiger partial charge in [0.05, 0.1) is 12.7 Å². The lowest BCUT2D eigenvalue weighted by atomic mass is 10.1. The van der Waals surface area contributed by atoms with Gasteiger partial charge in [0.1, 0.15) is 5.75 Å². The van der Waals surface area contributed by atoms with E-state index in [-0.39, 0.29) is 5.12 Å². The van der Waals surface area contributed by atoms with Crippen molar-refractivity contribution in [3.05, 3.63) is 28.8 Å². The normalized spacial score (nSPS) is 10.0. The average Bonchev–Trinajstić information content (AvgIpc) is 2.15. The van der Waals surface area contributed by atoms with Gasteiger partial charge < -0.3 is 4.74 Å². The molecule has 0 atom stereocenters. The number of benzene rings is 1. The first-order valence-corrected chi connectivity index (χ1v) is 5.56. The van der Waals surface area contributed by atoms with Gasteiger partial charge in [-0.3, -0.25) is 4.79 Å². The SMILES string of the molecule is COc1c(C)cc(C)cc1C(=O)SC. The van der Waals surface area contributed by atoms with E-state index in [9.17, 15) is 4.79 Å². The smallest absolute Gasteiger partial charge is 0.222 e. The van der Waals surface area contributed by atoms with E-state index in [1.807, 2.05) is 26.0 Å². The number of aryl methyl sites for hydroxylation is 2. The van der Waals surface area contributed by atoms with E-state index in [2.05, 4.69) is 0 Å². The summed E-state index contributed by atoms with van der Waals surface area (Å²) >= 11 is 1.21. The van der Waals surface area contributed by atoms with Crippen LogP contribution in [-0.2, 0) is 0 Å². The predicted molar refractivity (Wildman–Crippen MR) is 60.3 cm³/mol. The first kappa shape index (κ1) is 11.1. The van der Waals surface area contributed by atoms with Gasteiger partial charge in [0.2, 0.25) is 5.12 Å². The van der Waals surface area contributed by atoms with Crippen molar-refractivity contribution in [3.63, 3.8) is 0 Å². The zero-order chi connectivity index (χ0) is 10.7. The molecule has 76 valence electrons. The van der Waals surface area contributed by atoms with Gasteiger partial charge in [0.25, 0.3) is 0 Å². The van der Waals surface area contributed by atoms with Crippen LogP contribution < -0.4 is 4.74 Å². The first-order chi connectivity index (χ1) is 6.60. The Labute approximate surface area is 88.7 Å². The number of carbonyl (C=O) groups excluding carboxylic acids is 1. The summed E-state index contributed by atoms with van der Waals surface area (Å²) in [6.45, 7) is 3.92. The van der Waals surface area contributed by atoms with Crippen LogP contribution in [0.1, 0.15) is 21.5 Å². The van der Waals surface area contributed by atoms with Crippen LogP contribution in [-0.4, -0.2) is 18.5 Å². The Balaban J connectivity index is 3.32. The standard InChI is InChI=1S/C11H14O2S/c1-7-5-8(2)10(13-3)9(6-7)11(12)14-4/h5-6H,1-4H3. The fraction of sp³-hybridized carbons (Fsp3) is 0.364. The molecule has 1 rings (SSSR count). The molecule has 0 heterocycles. The van der Waals surface area contributed by atoms with Crippen molar-refractivity contribution in [1.29, 1.82) is 0 Å². The highest BCUT2D eigenvalue weighted by atomic mass is 32.2. The number of methoxy groups -OCH3 is 1. The Hall–Kier alpha value is -0.960. The number of carbonyl (C=O) groups is 1. The van der Waals surface area contributed by atoms with Crippen LogP contribution in [0.4, 0.5) is 0 Å². The molecule has 0 unspecified atom stereocenters. The Morgan fingerprint density at radius 1 is 1.36 bits per heavy atom. The molecule has 0 saturated heterocycles. The maximum atomic E-state index is 11.6. The molecule has 0 fully saturated rings. The van der Waals surface area contributed by atoms with Gasteiger partial charge >= 0.3 is 0 Å². The quantitative estimate of drug-likeness (QED) is 0.750. The van der Waals surface area contributed by atoms with Crippen LogP contribution in [0.25, 0.3) is 0 Å². The summed E-state index contributed by atoms with van der Waals surface area (Å²) in [7, 11) is 1.59. The number of thioether (sulfide) groups is 1. The van der Waals surface area contributed by atoms with Crippen molar-refractivity contribution in [2.75, 3.05) is 13.4 Å². The fourth-order valence-corrected chi connectivity index (χ4v) is 1.86. The minimum absolute atomic E-state index is 0.0497. The lowest BCUT2D eigenvalue weighted by molar-refractivity contribution is 0.108. The Bertz CT molecular complexity index is 359. The Kier molecular flexibility index (Phi) is 3.58. The molecule has 0 aromatic heterocycles. The maximum absolute atomic E-state index is 11.6. The molecule has 0 spiro atoms. The molecule has 0 aliphatic rings. The van der Waals surface area contributed by atoms with Crippen LogP contribution in [0, 0.1) is 13.8 Å². The lowest BCUT2D eigenvalue weighted by Gasteiger charge is -2.10. The van der Waals surface area contributed by atoms with Gasteiger partial charge in [0, 0.05) is 0 Å². The summed E-state index contributed by atoms with van der Waals surface area (Å²) in [6.07, 6.45) is 1.78. The first-order valence-electron chi connectivity index (χ1n) is 4.33. The zero-order valence-corrected chi connectivity index (χ0v) is 9.70.